The molecule has 0 aliphatic heterocycles. The van der Waals surface area contributed by atoms with E-state index in [1.807, 2.05) is 0 Å². The van der Waals surface area contributed by atoms with Crippen LogP contribution in [-0.2, 0) is 28.7 Å². The smallest absolute Gasteiger partial charge is 0.317 e. The molecular formula is C19H23NO8. The first-order chi connectivity index (χ1) is 13.1. The summed E-state index contributed by atoms with van der Waals surface area (Å²) in [7, 11) is 0. The Balaban J connectivity index is 3.68. The number of nitro benzene ring substituents is 1. The largest absolute Gasteiger partial charge is 0.465 e. The standard InChI is InChI=1S/C19H23NO8/c1-5-27-18(23)15(11(3)21)17(16(12(4)22)19(24)28-6-2)13-8-7-9-14(10-13)20(25)26/h7-10,15-17H,5-6H2,1-4H3/t15-,16-/m0/s1. The molecule has 1 aromatic rings. The number of benzene rings is 1. The molecule has 1 aromatic carbocycles. The first-order valence-electron chi connectivity index (χ1n) is 8.74. The Hall–Kier alpha value is -3.10. The number of non-ortho nitro benzene ring substituents is 1. The molecule has 0 saturated carbocycles. The van der Waals surface area contributed by atoms with Gasteiger partial charge in [0.25, 0.3) is 5.69 Å². The van der Waals surface area contributed by atoms with Gasteiger partial charge in [-0.3, -0.25) is 29.3 Å². The van der Waals surface area contributed by atoms with Crippen LogP contribution in [0.25, 0.3) is 0 Å². The van der Waals surface area contributed by atoms with E-state index in [1.54, 1.807) is 13.8 Å². The van der Waals surface area contributed by atoms with Gasteiger partial charge in [0.05, 0.1) is 18.1 Å². The van der Waals surface area contributed by atoms with Crippen molar-refractivity contribution in [2.24, 2.45) is 11.8 Å². The number of carbonyl (C=O) groups is 4. The van der Waals surface area contributed by atoms with Gasteiger partial charge < -0.3 is 9.47 Å². The lowest BCUT2D eigenvalue weighted by Crippen LogP contribution is -2.40. The SMILES string of the molecule is CCOC(=O)[C@@H](C(C)=O)C(c1cccc([N+](=O)[O-])c1)[C@H](C(C)=O)C(=O)OCC. The number of rotatable bonds is 10. The van der Waals surface area contributed by atoms with E-state index in [9.17, 15) is 29.3 Å². The summed E-state index contributed by atoms with van der Waals surface area (Å²) in [6.45, 7) is 5.32. The number of nitro groups is 1. The van der Waals surface area contributed by atoms with Crippen molar-refractivity contribution in [3.05, 3.63) is 39.9 Å². The molecule has 0 heterocycles. The highest BCUT2D eigenvalue weighted by Crippen LogP contribution is 2.37. The Morgan fingerprint density at radius 1 is 0.964 bits per heavy atom. The number of carbonyl (C=O) groups excluding carboxylic acids is 4. The van der Waals surface area contributed by atoms with Gasteiger partial charge in [0.15, 0.2) is 0 Å². The van der Waals surface area contributed by atoms with Crippen molar-refractivity contribution in [3.8, 4) is 0 Å². The summed E-state index contributed by atoms with van der Waals surface area (Å²) < 4.78 is 9.92. The number of Topliss-reactive ketones (excluding diaryl/α,β-unsaturated/α-hetero) is 2. The minimum atomic E-state index is -1.50. The molecule has 0 aromatic heterocycles. The van der Waals surface area contributed by atoms with Crippen molar-refractivity contribution in [2.75, 3.05) is 13.2 Å². The van der Waals surface area contributed by atoms with Gasteiger partial charge in [0, 0.05) is 18.1 Å². The first-order valence-corrected chi connectivity index (χ1v) is 8.74. The normalized spacial score (nSPS) is 12.8. The summed E-state index contributed by atoms with van der Waals surface area (Å²) >= 11 is 0. The number of nitrogens with zero attached hydrogens (tertiary/aromatic N) is 1. The Morgan fingerprint density at radius 3 is 1.79 bits per heavy atom. The summed E-state index contributed by atoms with van der Waals surface area (Å²) in [5.41, 5.74) is -0.185. The molecule has 0 fully saturated rings. The summed E-state index contributed by atoms with van der Waals surface area (Å²) in [5.74, 6) is -7.39. The summed E-state index contributed by atoms with van der Waals surface area (Å²) in [6, 6.07) is 5.13. The zero-order valence-electron chi connectivity index (χ0n) is 16.2. The second kappa shape index (κ2) is 10.3. The molecule has 0 amide bonds. The topological polar surface area (TPSA) is 130 Å². The van der Waals surface area contributed by atoms with Crippen LogP contribution in [0.5, 0.6) is 0 Å². The van der Waals surface area contributed by atoms with Crippen LogP contribution in [0.1, 0.15) is 39.2 Å². The number of ketones is 2. The van der Waals surface area contributed by atoms with Gasteiger partial charge in [0.1, 0.15) is 23.4 Å². The van der Waals surface area contributed by atoms with Gasteiger partial charge in [-0.2, -0.15) is 0 Å². The minimum absolute atomic E-state index is 0.0194. The molecule has 2 atom stereocenters. The van der Waals surface area contributed by atoms with Crippen LogP contribution in [-0.4, -0.2) is 41.6 Å². The highest BCUT2D eigenvalue weighted by molar-refractivity contribution is 6.04. The Kier molecular flexibility index (Phi) is 8.43. The van der Waals surface area contributed by atoms with Crippen LogP contribution in [0.2, 0.25) is 0 Å². The molecule has 28 heavy (non-hydrogen) atoms. The number of hydrogen-bond acceptors (Lipinski definition) is 8. The molecular weight excluding hydrogens is 370 g/mol. The van der Waals surface area contributed by atoms with Crippen molar-refractivity contribution in [3.63, 3.8) is 0 Å². The minimum Gasteiger partial charge on any atom is -0.465 e. The summed E-state index contributed by atoms with van der Waals surface area (Å²) in [6.07, 6.45) is 0. The fourth-order valence-corrected chi connectivity index (χ4v) is 3.02. The zero-order chi connectivity index (χ0) is 21.4. The predicted molar refractivity (Wildman–Crippen MR) is 97.4 cm³/mol. The van der Waals surface area contributed by atoms with Crippen LogP contribution in [0.4, 0.5) is 5.69 Å². The van der Waals surface area contributed by atoms with Gasteiger partial charge in [-0.25, -0.2) is 0 Å². The van der Waals surface area contributed by atoms with Crippen molar-refractivity contribution in [1.29, 1.82) is 0 Å². The Labute approximate surface area is 162 Å². The fraction of sp³-hybridized carbons (Fsp3) is 0.474. The van der Waals surface area contributed by atoms with E-state index in [2.05, 4.69) is 0 Å². The van der Waals surface area contributed by atoms with Gasteiger partial charge in [0.2, 0.25) is 0 Å². The van der Waals surface area contributed by atoms with Gasteiger partial charge >= 0.3 is 11.9 Å². The van der Waals surface area contributed by atoms with Crippen molar-refractivity contribution < 1.29 is 33.6 Å². The third-order valence-corrected chi connectivity index (χ3v) is 4.14. The molecule has 0 unspecified atom stereocenters. The van der Waals surface area contributed by atoms with Crippen LogP contribution < -0.4 is 0 Å². The van der Waals surface area contributed by atoms with E-state index in [0.717, 1.165) is 19.9 Å². The van der Waals surface area contributed by atoms with Crippen molar-refractivity contribution in [2.45, 2.75) is 33.6 Å². The van der Waals surface area contributed by atoms with Gasteiger partial charge in [-0.1, -0.05) is 12.1 Å². The lowest BCUT2D eigenvalue weighted by molar-refractivity contribution is -0.385. The van der Waals surface area contributed by atoms with E-state index in [1.165, 1.54) is 18.2 Å². The lowest BCUT2D eigenvalue weighted by atomic mass is 9.73. The zero-order valence-corrected chi connectivity index (χ0v) is 16.2. The molecule has 0 bridgehead atoms. The predicted octanol–water partition coefficient (Wildman–Crippen LogP) is 2.21. The fourth-order valence-electron chi connectivity index (χ4n) is 3.02. The molecule has 0 aliphatic rings. The highest BCUT2D eigenvalue weighted by Gasteiger charge is 2.45. The Morgan fingerprint density at radius 2 is 1.43 bits per heavy atom. The second-order valence-electron chi connectivity index (χ2n) is 6.06. The molecule has 1 rings (SSSR count). The van der Waals surface area contributed by atoms with Crippen LogP contribution in [0, 0.1) is 22.0 Å². The van der Waals surface area contributed by atoms with E-state index < -0.39 is 46.2 Å². The maximum atomic E-state index is 12.5. The lowest BCUT2D eigenvalue weighted by Gasteiger charge is -2.29. The van der Waals surface area contributed by atoms with Gasteiger partial charge in [-0.05, 0) is 33.3 Å². The maximum absolute atomic E-state index is 12.5. The number of hydrogen-bond donors (Lipinski definition) is 0. The first kappa shape index (κ1) is 22.9. The third-order valence-electron chi connectivity index (χ3n) is 4.14. The maximum Gasteiger partial charge on any atom is 0.317 e. The highest BCUT2D eigenvalue weighted by atomic mass is 16.6. The monoisotopic (exact) mass is 393 g/mol. The summed E-state index contributed by atoms with van der Waals surface area (Å²) in [4.78, 5) is 60.1. The van der Waals surface area contributed by atoms with Crippen LogP contribution >= 0.6 is 0 Å². The Bertz CT molecular complexity index is 737. The number of ether oxygens (including phenoxy) is 2. The van der Waals surface area contributed by atoms with Gasteiger partial charge in [-0.15, -0.1) is 0 Å². The molecule has 152 valence electrons. The molecule has 9 nitrogen and oxygen atoms in total. The quantitative estimate of drug-likeness (QED) is 0.256. The third kappa shape index (κ3) is 5.45. The number of esters is 2. The molecule has 0 aliphatic carbocycles. The molecule has 0 saturated heterocycles. The van der Waals surface area contributed by atoms with E-state index in [-0.39, 0.29) is 24.5 Å². The van der Waals surface area contributed by atoms with E-state index >= 15 is 0 Å². The van der Waals surface area contributed by atoms with Crippen LogP contribution in [0.3, 0.4) is 0 Å². The van der Waals surface area contributed by atoms with E-state index in [4.69, 9.17) is 9.47 Å². The average Bonchev–Trinajstić information content (AvgIpc) is 2.61. The molecule has 0 N–H and O–H groups in total. The van der Waals surface area contributed by atoms with E-state index in [0.29, 0.717) is 0 Å². The average molecular weight is 393 g/mol. The molecule has 0 radical (unpaired) electrons. The second-order valence-corrected chi connectivity index (χ2v) is 6.06. The molecule has 9 heteroatoms. The van der Waals surface area contributed by atoms with Crippen LogP contribution in [0.15, 0.2) is 24.3 Å². The summed E-state index contributed by atoms with van der Waals surface area (Å²) in [5, 5.41) is 11.1. The van der Waals surface area contributed by atoms with Crippen molar-refractivity contribution >= 4 is 29.2 Å². The van der Waals surface area contributed by atoms with Crippen molar-refractivity contribution in [1.82, 2.24) is 0 Å². The molecule has 0 spiro atoms.